The molecule has 0 unspecified atom stereocenters. The first-order chi connectivity index (χ1) is 11.0. The Balaban J connectivity index is 1.99. The molecule has 0 radical (unpaired) electrons. The smallest absolute Gasteiger partial charge is 0.337 e. The van der Waals surface area contributed by atoms with E-state index in [1.165, 1.54) is 12.7 Å². The molecule has 0 saturated carbocycles. The van der Waals surface area contributed by atoms with Crippen molar-refractivity contribution in [2.75, 3.05) is 17.7 Å². The van der Waals surface area contributed by atoms with Gasteiger partial charge in [0.05, 0.1) is 12.7 Å². The fourth-order valence-corrected chi connectivity index (χ4v) is 2.31. The van der Waals surface area contributed by atoms with E-state index in [1.54, 1.807) is 24.3 Å². The molecule has 0 heterocycles. The molecule has 5 heteroatoms. The SMILES string of the molecule is COC(=O)c1ccc(NC(=S)Nc2cccc(C(C)C)c2)cc1. The monoisotopic (exact) mass is 328 g/mol. The third-order valence-corrected chi connectivity index (χ3v) is 3.58. The van der Waals surface area contributed by atoms with Crippen LogP contribution in [0.5, 0.6) is 0 Å². The van der Waals surface area contributed by atoms with Crippen molar-refractivity contribution in [3.05, 3.63) is 59.7 Å². The van der Waals surface area contributed by atoms with Gasteiger partial charge in [-0.3, -0.25) is 0 Å². The lowest BCUT2D eigenvalue weighted by molar-refractivity contribution is 0.0601. The molecule has 2 rings (SSSR count). The van der Waals surface area contributed by atoms with E-state index in [-0.39, 0.29) is 5.97 Å². The van der Waals surface area contributed by atoms with Crippen LogP contribution in [-0.2, 0) is 4.74 Å². The van der Waals surface area contributed by atoms with E-state index in [0.717, 1.165) is 11.4 Å². The minimum atomic E-state index is -0.359. The summed E-state index contributed by atoms with van der Waals surface area (Å²) in [7, 11) is 1.36. The largest absolute Gasteiger partial charge is 0.465 e. The van der Waals surface area contributed by atoms with Crippen molar-refractivity contribution in [3.8, 4) is 0 Å². The number of esters is 1. The average molecular weight is 328 g/mol. The summed E-state index contributed by atoms with van der Waals surface area (Å²) in [6.45, 7) is 4.30. The van der Waals surface area contributed by atoms with Crippen LogP contribution in [0.15, 0.2) is 48.5 Å². The standard InChI is InChI=1S/C18H20N2O2S/c1-12(2)14-5-4-6-16(11-14)20-18(23)19-15-9-7-13(8-10-15)17(21)22-3/h4-12H,1-3H3,(H2,19,20,23). The molecule has 23 heavy (non-hydrogen) atoms. The number of carbonyl (C=O) groups excluding carboxylic acids is 1. The van der Waals surface area contributed by atoms with E-state index in [9.17, 15) is 4.79 Å². The molecule has 2 aromatic carbocycles. The van der Waals surface area contributed by atoms with Crippen molar-refractivity contribution in [3.63, 3.8) is 0 Å². The molecule has 2 N–H and O–H groups in total. The van der Waals surface area contributed by atoms with Crippen LogP contribution in [0.3, 0.4) is 0 Å². The molecule has 0 aliphatic carbocycles. The van der Waals surface area contributed by atoms with E-state index in [1.807, 2.05) is 12.1 Å². The topological polar surface area (TPSA) is 50.4 Å². The number of rotatable bonds is 4. The van der Waals surface area contributed by atoms with Crippen molar-refractivity contribution in [1.82, 2.24) is 0 Å². The quantitative estimate of drug-likeness (QED) is 0.643. The zero-order valence-corrected chi connectivity index (χ0v) is 14.2. The average Bonchev–Trinajstić information content (AvgIpc) is 2.55. The van der Waals surface area contributed by atoms with Gasteiger partial charge in [0.2, 0.25) is 0 Å². The van der Waals surface area contributed by atoms with E-state index in [4.69, 9.17) is 12.2 Å². The predicted octanol–water partition coefficient (Wildman–Crippen LogP) is 4.41. The Bertz CT molecular complexity index is 696. The normalized spacial score (nSPS) is 10.3. The number of benzene rings is 2. The maximum atomic E-state index is 11.4. The van der Waals surface area contributed by atoms with Crippen molar-refractivity contribution < 1.29 is 9.53 Å². The first kappa shape index (κ1) is 17.0. The Kier molecular flexibility index (Phi) is 5.71. The van der Waals surface area contributed by atoms with Crippen LogP contribution in [0.1, 0.15) is 35.7 Å². The fraction of sp³-hybridized carbons (Fsp3) is 0.222. The van der Waals surface area contributed by atoms with Crippen LogP contribution < -0.4 is 10.6 Å². The molecule has 2 aromatic rings. The molecule has 0 amide bonds. The van der Waals surface area contributed by atoms with Gasteiger partial charge >= 0.3 is 5.97 Å². The molecule has 0 aliphatic rings. The highest BCUT2D eigenvalue weighted by Crippen LogP contribution is 2.19. The number of methoxy groups -OCH3 is 1. The molecule has 120 valence electrons. The van der Waals surface area contributed by atoms with Crippen LogP contribution in [0.25, 0.3) is 0 Å². The van der Waals surface area contributed by atoms with Crippen molar-refractivity contribution in [1.29, 1.82) is 0 Å². The lowest BCUT2D eigenvalue weighted by atomic mass is 10.0. The Labute approximate surface area is 141 Å². The van der Waals surface area contributed by atoms with E-state index < -0.39 is 0 Å². The Hall–Kier alpha value is -2.40. The molecule has 0 aromatic heterocycles. The zero-order valence-electron chi connectivity index (χ0n) is 13.4. The Morgan fingerprint density at radius 1 is 1.04 bits per heavy atom. The van der Waals surface area contributed by atoms with Crippen LogP contribution >= 0.6 is 12.2 Å². The minimum absolute atomic E-state index is 0.359. The Morgan fingerprint density at radius 3 is 2.30 bits per heavy atom. The van der Waals surface area contributed by atoms with Gasteiger partial charge < -0.3 is 15.4 Å². The van der Waals surface area contributed by atoms with Gasteiger partial charge in [-0.1, -0.05) is 26.0 Å². The van der Waals surface area contributed by atoms with Gasteiger partial charge in [0.15, 0.2) is 5.11 Å². The number of thiocarbonyl (C=S) groups is 1. The van der Waals surface area contributed by atoms with Gasteiger partial charge in [-0.25, -0.2) is 4.79 Å². The number of ether oxygens (including phenoxy) is 1. The lowest BCUT2D eigenvalue weighted by Crippen LogP contribution is -2.19. The lowest BCUT2D eigenvalue weighted by Gasteiger charge is -2.13. The third kappa shape index (κ3) is 4.79. The fourth-order valence-electron chi connectivity index (χ4n) is 2.08. The molecule has 0 spiro atoms. The van der Waals surface area contributed by atoms with Crippen LogP contribution in [0, 0.1) is 0 Å². The zero-order chi connectivity index (χ0) is 16.8. The van der Waals surface area contributed by atoms with E-state index in [0.29, 0.717) is 16.6 Å². The van der Waals surface area contributed by atoms with Gasteiger partial charge in [-0.15, -0.1) is 0 Å². The molecular weight excluding hydrogens is 308 g/mol. The molecular formula is C18H20N2O2S. The summed E-state index contributed by atoms with van der Waals surface area (Å²) in [6, 6.07) is 15.1. The van der Waals surface area contributed by atoms with Crippen molar-refractivity contribution in [2.24, 2.45) is 0 Å². The van der Waals surface area contributed by atoms with E-state index >= 15 is 0 Å². The summed E-state index contributed by atoms with van der Waals surface area (Å²) >= 11 is 5.32. The number of hydrogen-bond acceptors (Lipinski definition) is 3. The van der Waals surface area contributed by atoms with Crippen LogP contribution in [0.4, 0.5) is 11.4 Å². The molecule has 4 nitrogen and oxygen atoms in total. The predicted molar refractivity (Wildman–Crippen MR) is 98.2 cm³/mol. The van der Waals surface area contributed by atoms with E-state index in [2.05, 4.69) is 41.4 Å². The van der Waals surface area contributed by atoms with Crippen LogP contribution in [-0.4, -0.2) is 18.2 Å². The second-order valence-corrected chi connectivity index (χ2v) is 5.84. The summed E-state index contributed by atoms with van der Waals surface area (Å²) in [5, 5.41) is 6.75. The summed E-state index contributed by atoms with van der Waals surface area (Å²) in [4.78, 5) is 11.4. The number of carbonyl (C=O) groups is 1. The van der Waals surface area contributed by atoms with Gasteiger partial charge in [0.1, 0.15) is 0 Å². The summed E-state index contributed by atoms with van der Waals surface area (Å²) in [5.41, 5.74) is 3.50. The number of nitrogens with one attached hydrogen (secondary N) is 2. The minimum Gasteiger partial charge on any atom is -0.465 e. The van der Waals surface area contributed by atoms with Crippen molar-refractivity contribution in [2.45, 2.75) is 19.8 Å². The third-order valence-electron chi connectivity index (χ3n) is 3.38. The Morgan fingerprint density at radius 2 is 1.70 bits per heavy atom. The highest BCUT2D eigenvalue weighted by atomic mass is 32.1. The highest BCUT2D eigenvalue weighted by Gasteiger charge is 2.06. The molecule has 0 atom stereocenters. The van der Waals surface area contributed by atoms with Crippen molar-refractivity contribution >= 4 is 34.7 Å². The maximum absolute atomic E-state index is 11.4. The second kappa shape index (κ2) is 7.74. The summed E-state index contributed by atoms with van der Waals surface area (Å²) < 4.78 is 4.67. The first-order valence-corrected chi connectivity index (χ1v) is 7.76. The molecule has 0 saturated heterocycles. The molecule has 0 fully saturated rings. The summed E-state index contributed by atoms with van der Waals surface area (Å²) in [5.74, 6) is 0.104. The van der Waals surface area contributed by atoms with Gasteiger partial charge in [-0.05, 0) is 60.1 Å². The summed E-state index contributed by atoms with van der Waals surface area (Å²) in [6.07, 6.45) is 0. The molecule has 0 bridgehead atoms. The number of hydrogen-bond donors (Lipinski definition) is 2. The van der Waals surface area contributed by atoms with Gasteiger partial charge in [0, 0.05) is 11.4 Å². The molecule has 0 aliphatic heterocycles. The second-order valence-electron chi connectivity index (χ2n) is 5.43. The first-order valence-electron chi connectivity index (χ1n) is 7.36. The van der Waals surface area contributed by atoms with Gasteiger partial charge in [0.25, 0.3) is 0 Å². The maximum Gasteiger partial charge on any atom is 0.337 e. The van der Waals surface area contributed by atoms with Gasteiger partial charge in [-0.2, -0.15) is 0 Å². The highest BCUT2D eigenvalue weighted by molar-refractivity contribution is 7.80. The van der Waals surface area contributed by atoms with Crippen LogP contribution in [0.2, 0.25) is 0 Å². The number of anilines is 2.